The fourth-order valence-electron chi connectivity index (χ4n) is 5.12. The van der Waals surface area contributed by atoms with Gasteiger partial charge in [-0.1, -0.05) is 53.5 Å². The Bertz CT molecular complexity index is 1330. The van der Waals surface area contributed by atoms with E-state index in [-0.39, 0.29) is 23.8 Å². The van der Waals surface area contributed by atoms with E-state index >= 15 is 0 Å². The van der Waals surface area contributed by atoms with Gasteiger partial charge in [0.15, 0.2) is 11.6 Å². The Morgan fingerprint density at radius 1 is 1.08 bits per heavy atom. The van der Waals surface area contributed by atoms with Crippen LogP contribution in [-0.4, -0.2) is 32.2 Å². The molecule has 2 aliphatic heterocycles. The monoisotopic (exact) mass is 544 g/mol. The van der Waals surface area contributed by atoms with Crippen molar-refractivity contribution in [3.8, 4) is 11.1 Å². The number of carbonyl (C=O) groups is 2. The second-order valence-electron chi connectivity index (χ2n) is 8.93. The van der Waals surface area contributed by atoms with Gasteiger partial charge in [0.25, 0.3) is 5.02 Å². The van der Waals surface area contributed by atoms with Crippen LogP contribution in [0, 0.1) is 17.5 Å². The number of para-hydroxylation sites is 1. The van der Waals surface area contributed by atoms with Crippen molar-refractivity contribution in [2.24, 2.45) is 5.92 Å². The fraction of sp³-hybridized carbons (Fsp3) is 0.259. The highest BCUT2D eigenvalue weighted by Crippen LogP contribution is 2.46. The van der Waals surface area contributed by atoms with E-state index in [1.165, 1.54) is 7.11 Å². The third-order valence-electron chi connectivity index (χ3n) is 6.87. The number of rotatable bonds is 5. The van der Waals surface area contributed by atoms with Crippen LogP contribution in [-0.2, 0) is 16.1 Å². The molecule has 2 amide bonds. The average molecular weight is 546 g/mol. The standard InChI is InChI=1S/C27H24Cl3N3O3/c1-36-25(34)11-16-12-31-13-19(16)15-9-18(17-5-2-3-6-21(17)28)20-14-32-27(35)33(24(20)10-15)26-22(29)7-4-8-23(26)30/h2-10,16,19,29,31H,11-14H2,1H3/p+1. The van der Waals surface area contributed by atoms with Crippen LogP contribution in [0.25, 0.3) is 11.1 Å². The molecular formula is C27H25Cl3N3O3+. The van der Waals surface area contributed by atoms with Crippen molar-refractivity contribution in [3.05, 3.63) is 80.8 Å². The van der Waals surface area contributed by atoms with Gasteiger partial charge in [-0.25, -0.2) is 4.79 Å². The largest absolute Gasteiger partial charge is 0.469 e. The van der Waals surface area contributed by atoms with Crippen molar-refractivity contribution in [1.82, 2.24) is 10.6 Å². The maximum absolute atomic E-state index is 13.3. The third-order valence-corrected chi connectivity index (χ3v) is 7.83. The first kappa shape index (κ1) is 24.9. The highest BCUT2D eigenvalue weighted by molar-refractivity contribution is 6.34. The van der Waals surface area contributed by atoms with Crippen molar-refractivity contribution in [3.63, 3.8) is 0 Å². The van der Waals surface area contributed by atoms with Crippen LogP contribution in [0.3, 0.4) is 0 Å². The molecule has 2 aliphatic rings. The molecule has 3 aromatic carbocycles. The summed E-state index contributed by atoms with van der Waals surface area (Å²) < 4.78 is 4.94. The van der Waals surface area contributed by atoms with Crippen LogP contribution in [0.15, 0.2) is 54.6 Å². The molecule has 186 valence electrons. The number of urea groups is 1. The number of esters is 1. The summed E-state index contributed by atoms with van der Waals surface area (Å²) in [5, 5.41) is 7.85. The number of anilines is 2. The lowest BCUT2D eigenvalue weighted by Crippen LogP contribution is -2.42. The molecule has 2 heterocycles. The molecule has 1 saturated heterocycles. The van der Waals surface area contributed by atoms with Crippen molar-refractivity contribution < 1.29 is 25.9 Å². The number of halogens is 3. The van der Waals surface area contributed by atoms with Crippen LogP contribution in [0.2, 0.25) is 15.1 Å². The van der Waals surface area contributed by atoms with Crippen molar-refractivity contribution >= 4 is 46.6 Å². The second-order valence-corrected chi connectivity index (χ2v) is 10.2. The van der Waals surface area contributed by atoms with Gasteiger partial charge in [0.1, 0.15) is 5.69 Å². The molecule has 5 rings (SSSR count). The molecule has 2 unspecified atom stereocenters. The Kier molecular flexibility index (Phi) is 7.13. The Hall–Kier alpha value is -2.77. The number of methoxy groups -OCH3 is 1. The molecule has 2 atom stereocenters. The van der Waals surface area contributed by atoms with Crippen LogP contribution in [0.5, 0.6) is 0 Å². The van der Waals surface area contributed by atoms with Gasteiger partial charge in [0.05, 0.1) is 24.2 Å². The number of hydrogen-bond acceptors (Lipinski definition) is 4. The first-order valence-electron chi connectivity index (χ1n) is 11.6. The van der Waals surface area contributed by atoms with Crippen molar-refractivity contribution in [2.45, 2.75) is 18.9 Å². The lowest BCUT2D eigenvalue weighted by molar-refractivity contribution is -0.287. The predicted octanol–water partition coefficient (Wildman–Crippen LogP) is 5.58. The molecule has 0 saturated carbocycles. The van der Waals surface area contributed by atoms with Gasteiger partial charge in [-0.15, -0.1) is 0 Å². The number of nitrogens with zero attached hydrogens (tertiary/aromatic N) is 1. The molecule has 0 spiro atoms. The second kappa shape index (κ2) is 10.3. The lowest BCUT2D eigenvalue weighted by Gasteiger charge is -2.33. The summed E-state index contributed by atoms with van der Waals surface area (Å²) in [7, 11) is 1.40. The van der Waals surface area contributed by atoms with Gasteiger partial charge < -0.3 is 15.4 Å². The summed E-state index contributed by atoms with van der Waals surface area (Å²) in [6.07, 6.45) is 0.303. The number of hydrogen-bond donors (Lipinski definition) is 2. The summed E-state index contributed by atoms with van der Waals surface area (Å²) in [5.74, 6) is -0.155. The SMILES string of the molecule is COC(=O)CC1CNCC1c1cc(-c2ccccc2Cl)c2c(c1)N(c1c(Cl)cccc1[ClH+])C(=O)NC2. The topological polar surface area (TPSA) is 70.7 Å². The maximum Gasteiger partial charge on any atom is 0.327 e. The maximum atomic E-state index is 13.3. The van der Waals surface area contributed by atoms with E-state index < -0.39 is 0 Å². The van der Waals surface area contributed by atoms with Gasteiger partial charge >= 0.3 is 12.0 Å². The van der Waals surface area contributed by atoms with Gasteiger partial charge in [-0.05, 0) is 41.8 Å². The average Bonchev–Trinajstić information content (AvgIpc) is 3.32. The summed E-state index contributed by atoms with van der Waals surface area (Å²) in [4.78, 5) is 26.9. The van der Waals surface area contributed by atoms with E-state index in [0.717, 1.165) is 22.3 Å². The summed E-state index contributed by atoms with van der Waals surface area (Å²) in [6, 6.07) is 16.7. The molecule has 0 radical (unpaired) electrons. The quantitative estimate of drug-likeness (QED) is 0.411. The molecule has 2 N–H and O–H groups in total. The zero-order chi connectivity index (χ0) is 25.4. The Morgan fingerprint density at radius 2 is 1.86 bits per heavy atom. The first-order valence-corrected chi connectivity index (χ1v) is 12.8. The predicted molar refractivity (Wildman–Crippen MR) is 139 cm³/mol. The molecular weight excluding hydrogens is 521 g/mol. The fourth-order valence-corrected chi connectivity index (χ4v) is 5.95. The van der Waals surface area contributed by atoms with E-state index in [4.69, 9.17) is 39.5 Å². The van der Waals surface area contributed by atoms with Crippen molar-refractivity contribution in [1.29, 1.82) is 0 Å². The number of benzene rings is 3. The van der Waals surface area contributed by atoms with Gasteiger partial charge in [-0.3, -0.25) is 9.69 Å². The lowest BCUT2D eigenvalue weighted by atomic mass is 9.83. The molecule has 0 aliphatic carbocycles. The first-order chi connectivity index (χ1) is 17.4. The molecule has 36 heavy (non-hydrogen) atoms. The molecule has 0 bridgehead atoms. The number of amides is 2. The zero-order valence-corrected chi connectivity index (χ0v) is 21.8. The zero-order valence-electron chi connectivity index (χ0n) is 19.5. The number of nitrogens with one attached hydrogen (secondary N) is 2. The van der Waals surface area contributed by atoms with E-state index in [9.17, 15) is 9.59 Å². The van der Waals surface area contributed by atoms with Crippen molar-refractivity contribution in [2.75, 3.05) is 25.1 Å². The number of ether oxygens (including phenoxy) is 1. The molecule has 3 aromatic rings. The minimum atomic E-state index is -0.306. The van der Waals surface area contributed by atoms with Gasteiger partial charge in [0.2, 0.25) is 0 Å². The normalized spacial score (nSPS) is 19.1. The smallest absolute Gasteiger partial charge is 0.327 e. The third kappa shape index (κ3) is 4.55. The van der Waals surface area contributed by atoms with Gasteiger partial charge in [-0.2, -0.15) is 0 Å². The number of fused-ring (bicyclic) bond motifs is 1. The summed E-state index contributed by atoms with van der Waals surface area (Å²) >= 11 is 18.8. The molecule has 0 aromatic heterocycles. The van der Waals surface area contributed by atoms with Crippen LogP contribution in [0.4, 0.5) is 16.2 Å². The Labute approximate surface area is 224 Å². The molecule has 9 heteroatoms. The van der Waals surface area contributed by atoms with Crippen LogP contribution in [0.1, 0.15) is 23.5 Å². The van der Waals surface area contributed by atoms with Crippen LogP contribution < -0.4 is 15.5 Å². The number of carbonyl (C=O) groups excluding carboxylic acids is 2. The molecule has 1 fully saturated rings. The van der Waals surface area contributed by atoms with E-state index in [1.54, 1.807) is 23.1 Å². The Morgan fingerprint density at radius 3 is 2.61 bits per heavy atom. The highest BCUT2D eigenvalue weighted by atomic mass is 35.5. The summed E-state index contributed by atoms with van der Waals surface area (Å²) in [5.41, 5.74) is 4.86. The Balaban J connectivity index is 1.73. The minimum Gasteiger partial charge on any atom is -0.469 e. The van der Waals surface area contributed by atoms with Crippen LogP contribution >= 0.6 is 23.2 Å². The van der Waals surface area contributed by atoms with Gasteiger partial charge in [0, 0.05) is 41.2 Å². The minimum absolute atomic E-state index is 0.0386. The summed E-state index contributed by atoms with van der Waals surface area (Å²) in [6.45, 7) is 1.73. The van der Waals surface area contributed by atoms with E-state index in [0.29, 0.717) is 52.5 Å². The molecule has 6 nitrogen and oxygen atoms in total. The highest BCUT2D eigenvalue weighted by Gasteiger charge is 2.36. The van der Waals surface area contributed by atoms with E-state index in [1.807, 2.05) is 30.3 Å². The van der Waals surface area contributed by atoms with E-state index in [2.05, 4.69) is 16.7 Å².